The van der Waals surface area contributed by atoms with Crippen molar-refractivity contribution in [3.8, 4) is 0 Å². The average Bonchev–Trinajstić information content (AvgIpc) is 2.44. The van der Waals surface area contributed by atoms with Crippen LogP contribution in [0.1, 0.15) is 25.8 Å². The lowest BCUT2D eigenvalue weighted by atomic mass is 9.99. The fraction of sp³-hybridized carbons (Fsp3) is 0.467. The van der Waals surface area contributed by atoms with Crippen molar-refractivity contribution in [2.75, 3.05) is 0 Å². The number of aldehydes is 1. The van der Waals surface area contributed by atoms with Crippen LogP contribution in [0.15, 0.2) is 30.3 Å². The molecule has 0 radical (unpaired) electrons. The molecule has 0 saturated heterocycles. The van der Waals surface area contributed by atoms with Gasteiger partial charge in [0.15, 0.2) is 0 Å². The van der Waals surface area contributed by atoms with E-state index < -0.39 is 12.1 Å². The van der Waals surface area contributed by atoms with E-state index in [1.54, 1.807) is 0 Å². The van der Waals surface area contributed by atoms with E-state index in [4.69, 9.17) is 5.73 Å². The van der Waals surface area contributed by atoms with Crippen molar-refractivity contribution in [2.24, 2.45) is 11.7 Å². The molecule has 3 N–H and O–H groups in total. The van der Waals surface area contributed by atoms with Crippen LogP contribution in [0.5, 0.6) is 0 Å². The third-order valence-corrected chi connectivity index (χ3v) is 3.35. The van der Waals surface area contributed by atoms with E-state index in [0.717, 1.165) is 18.3 Å². The molecule has 1 aromatic carbocycles. The third-order valence-electron chi connectivity index (χ3n) is 3.35. The fourth-order valence-electron chi connectivity index (χ4n) is 1.80. The molecule has 3 atom stereocenters. The van der Waals surface area contributed by atoms with Crippen molar-refractivity contribution >= 4 is 12.2 Å². The van der Waals surface area contributed by atoms with Crippen molar-refractivity contribution in [1.82, 2.24) is 5.32 Å². The second-order valence-corrected chi connectivity index (χ2v) is 4.85. The van der Waals surface area contributed by atoms with Gasteiger partial charge in [0, 0.05) is 0 Å². The monoisotopic (exact) mass is 262 g/mol. The molecule has 0 aliphatic heterocycles. The average molecular weight is 262 g/mol. The maximum atomic E-state index is 11.9. The van der Waals surface area contributed by atoms with Gasteiger partial charge in [-0.25, -0.2) is 0 Å². The van der Waals surface area contributed by atoms with Crippen LogP contribution in [-0.2, 0) is 16.0 Å². The molecule has 4 nitrogen and oxygen atoms in total. The zero-order chi connectivity index (χ0) is 14.3. The molecule has 4 heteroatoms. The Hall–Kier alpha value is -1.68. The number of amides is 1. The summed E-state index contributed by atoms with van der Waals surface area (Å²) in [7, 11) is 0. The lowest BCUT2D eigenvalue weighted by Gasteiger charge is -2.21. The van der Waals surface area contributed by atoms with Gasteiger partial charge in [0.05, 0.1) is 12.1 Å². The highest BCUT2D eigenvalue weighted by Gasteiger charge is 2.21. The van der Waals surface area contributed by atoms with Crippen molar-refractivity contribution in [3.05, 3.63) is 35.9 Å². The summed E-state index contributed by atoms with van der Waals surface area (Å²) >= 11 is 0. The first-order valence-electron chi connectivity index (χ1n) is 6.63. The number of nitrogens with two attached hydrogens (primary N) is 1. The summed E-state index contributed by atoms with van der Waals surface area (Å²) in [5, 5.41) is 2.71. The van der Waals surface area contributed by atoms with E-state index in [1.165, 1.54) is 0 Å². The molecule has 0 unspecified atom stereocenters. The van der Waals surface area contributed by atoms with E-state index in [2.05, 4.69) is 5.32 Å². The van der Waals surface area contributed by atoms with Crippen LogP contribution >= 0.6 is 0 Å². The molecule has 0 saturated carbocycles. The highest BCUT2D eigenvalue weighted by atomic mass is 16.2. The maximum absolute atomic E-state index is 11.9. The maximum Gasteiger partial charge on any atom is 0.237 e. The third kappa shape index (κ3) is 4.83. The Balaban J connectivity index is 2.55. The van der Waals surface area contributed by atoms with Crippen molar-refractivity contribution in [3.63, 3.8) is 0 Å². The number of carbonyl (C=O) groups excluding carboxylic acids is 2. The SMILES string of the molecule is CC[C@H](C)[C@@H](C=O)NC(=O)[C@@H](N)Cc1ccccc1. The van der Waals surface area contributed by atoms with Crippen LogP contribution in [0.25, 0.3) is 0 Å². The Kier molecular flexibility index (Phi) is 6.22. The normalized spacial score (nSPS) is 15.3. The van der Waals surface area contributed by atoms with Crippen LogP contribution in [0.2, 0.25) is 0 Å². The number of hydrogen-bond donors (Lipinski definition) is 2. The topological polar surface area (TPSA) is 72.2 Å². The summed E-state index contributed by atoms with van der Waals surface area (Å²) in [6.45, 7) is 3.92. The predicted molar refractivity (Wildman–Crippen MR) is 75.6 cm³/mol. The van der Waals surface area contributed by atoms with E-state index in [0.29, 0.717) is 6.42 Å². The lowest BCUT2D eigenvalue weighted by Crippen LogP contribution is -2.49. The standard InChI is InChI=1S/C15H22N2O2/c1-3-11(2)14(10-18)17-15(19)13(16)9-12-7-5-4-6-8-12/h4-8,10-11,13-14H,3,9,16H2,1-2H3,(H,17,19)/t11-,13-,14+/m0/s1. The number of benzene rings is 1. The largest absolute Gasteiger partial charge is 0.345 e. The molecule has 0 heterocycles. The summed E-state index contributed by atoms with van der Waals surface area (Å²) in [6.07, 6.45) is 2.08. The molecule has 0 spiro atoms. The highest BCUT2D eigenvalue weighted by molar-refractivity contribution is 5.84. The minimum Gasteiger partial charge on any atom is -0.345 e. The van der Waals surface area contributed by atoms with Crippen LogP contribution < -0.4 is 11.1 Å². The Bertz CT molecular complexity index is 406. The van der Waals surface area contributed by atoms with Gasteiger partial charge >= 0.3 is 0 Å². The van der Waals surface area contributed by atoms with Crippen LogP contribution in [-0.4, -0.2) is 24.3 Å². The van der Waals surface area contributed by atoms with Crippen molar-refractivity contribution in [2.45, 2.75) is 38.8 Å². The van der Waals surface area contributed by atoms with Gasteiger partial charge in [0.1, 0.15) is 6.29 Å². The van der Waals surface area contributed by atoms with E-state index in [1.807, 2.05) is 44.2 Å². The Morgan fingerprint density at radius 3 is 2.53 bits per heavy atom. The first-order chi connectivity index (χ1) is 9.08. The molecule has 0 aliphatic rings. The smallest absolute Gasteiger partial charge is 0.237 e. The Labute approximate surface area is 114 Å². The molecule has 104 valence electrons. The molecular weight excluding hydrogens is 240 g/mol. The zero-order valence-corrected chi connectivity index (χ0v) is 11.5. The molecule has 0 aliphatic carbocycles. The first-order valence-corrected chi connectivity index (χ1v) is 6.63. The molecule has 1 aromatic rings. The fourth-order valence-corrected chi connectivity index (χ4v) is 1.80. The second kappa shape index (κ2) is 7.69. The van der Waals surface area contributed by atoms with Gasteiger partial charge in [-0.15, -0.1) is 0 Å². The van der Waals surface area contributed by atoms with Gasteiger partial charge in [-0.2, -0.15) is 0 Å². The Morgan fingerprint density at radius 2 is 2.00 bits per heavy atom. The van der Waals surface area contributed by atoms with Crippen molar-refractivity contribution < 1.29 is 9.59 Å². The van der Waals surface area contributed by atoms with Gasteiger partial charge in [0.2, 0.25) is 5.91 Å². The summed E-state index contributed by atoms with van der Waals surface area (Å²) in [5.41, 5.74) is 6.88. The van der Waals surface area contributed by atoms with Crippen LogP contribution in [0, 0.1) is 5.92 Å². The number of rotatable bonds is 7. The van der Waals surface area contributed by atoms with Gasteiger partial charge in [-0.1, -0.05) is 50.6 Å². The Morgan fingerprint density at radius 1 is 1.37 bits per heavy atom. The van der Waals surface area contributed by atoms with Gasteiger partial charge in [0.25, 0.3) is 0 Å². The minimum absolute atomic E-state index is 0.116. The summed E-state index contributed by atoms with van der Waals surface area (Å²) in [4.78, 5) is 22.9. The van der Waals surface area contributed by atoms with E-state index >= 15 is 0 Å². The molecule has 1 amide bonds. The second-order valence-electron chi connectivity index (χ2n) is 4.85. The summed E-state index contributed by atoms with van der Waals surface area (Å²) in [5.74, 6) is -0.161. The first kappa shape index (κ1) is 15.4. The molecule has 0 aromatic heterocycles. The molecule has 0 fully saturated rings. The highest BCUT2D eigenvalue weighted by Crippen LogP contribution is 2.07. The number of hydrogen-bond acceptors (Lipinski definition) is 3. The van der Waals surface area contributed by atoms with E-state index in [9.17, 15) is 9.59 Å². The summed E-state index contributed by atoms with van der Waals surface area (Å²) in [6, 6.07) is 8.51. The summed E-state index contributed by atoms with van der Waals surface area (Å²) < 4.78 is 0. The minimum atomic E-state index is -0.631. The van der Waals surface area contributed by atoms with Crippen molar-refractivity contribution in [1.29, 1.82) is 0 Å². The molecule has 0 bridgehead atoms. The van der Waals surface area contributed by atoms with Gasteiger partial charge < -0.3 is 15.8 Å². The van der Waals surface area contributed by atoms with Gasteiger partial charge in [-0.3, -0.25) is 4.79 Å². The van der Waals surface area contributed by atoms with Crippen LogP contribution in [0.4, 0.5) is 0 Å². The molecular formula is C15H22N2O2. The molecule has 19 heavy (non-hydrogen) atoms. The number of carbonyl (C=O) groups is 2. The van der Waals surface area contributed by atoms with Gasteiger partial charge in [-0.05, 0) is 17.9 Å². The quantitative estimate of drug-likeness (QED) is 0.727. The van der Waals surface area contributed by atoms with E-state index in [-0.39, 0.29) is 11.8 Å². The molecule has 1 rings (SSSR count). The van der Waals surface area contributed by atoms with Crippen LogP contribution in [0.3, 0.4) is 0 Å². The zero-order valence-electron chi connectivity index (χ0n) is 11.5. The predicted octanol–water partition coefficient (Wildman–Crippen LogP) is 1.29. The number of nitrogens with one attached hydrogen (secondary N) is 1. The lowest BCUT2D eigenvalue weighted by molar-refractivity contribution is -0.125.